The smallest absolute Gasteiger partial charge is 0.216 e. The van der Waals surface area contributed by atoms with Crippen LogP contribution in [0, 0.1) is 0 Å². The highest BCUT2D eigenvalue weighted by molar-refractivity contribution is 7.93. The second-order valence-corrected chi connectivity index (χ2v) is 11.6. The Balaban J connectivity index is 1.76. The van der Waals surface area contributed by atoms with Gasteiger partial charge < -0.3 is 10.2 Å². The summed E-state index contributed by atoms with van der Waals surface area (Å²) in [6.07, 6.45) is 2.23. The molecule has 0 bridgehead atoms. The molecule has 0 saturated carbocycles. The zero-order valence-electron chi connectivity index (χ0n) is 14.5. The minimum absolute atomic E-state index is 0.0511. The number of nitrogens with one attached hydrogen (secondary N) is 1. The molecule has 1 fully saturated rings. The molecule has 1 N–H and O–H groups in total. The molecule has 0 unspecified atom stereocenters. The van der Waals surface area contributed by atoms with E-state index in [-0.39, 0.29) is 19.8 Å². The van der Waals surface area contributed by atoms with Crippen LogP contribution in [0.4, 0.5) is 5.00 Å². The second-order valence-electron chi connectivity index (χ2n) is 6.21. The number of anilines is 1. The lowest BCUT2D eigenvalue weighted by Crippen LogP contribution is -2.26. The van der Waals surface area contributed by atoms with Gasteiger partial charge in [0.25, 0.3) is 0 Å². The summed E-state index contributed by atoms with van der Waals surface area (Å²) in [6, 6.07) is 8.77. The van der Waals surface area contributed by atoms with Crippen LogP contribution in [0.5, 0.6) is 0 Å². The van der Waals surface area contributed by atoms with E-state index < -0.39 is 19.7 Å². The second kappa shape index (κ2) is 7.67. The first kappa shape index (κ1) is 19.3. The van der Waals surface area contributed by atoms with E-state index in [1.54, 1.807) is 19.2 Å². The van der Waals surface area contributed by atoms with Crippen molar-refractivity contribution in [1.82, 2.24) is 4.90 Å². The van der Waals surface area contributed by atoms with Crippen LogP contribution in [0.25, 0.3) is 0 Å². The van der Waals surface area contributed by atoms with Crippen LogP contribution in [0.2, 0.25) is 0 Å². The molecule has 0 atom stereocenters. The van der Waals surface area contributed by atoms with Crippen LogP contribution in [0.1, 0.15) is 12.8 Å². The van der Waals surface area contributed by atoms with Gasteiger partial charge in [0.15, 0.2) is 9.84 Å². The Morgan fingerprint density at radius 3 is 2.15 bits per heavy atom. The highest BCUT2D eigenvalue weighted by Crippen LogP contribution is 2.31. The highest BCUT2D eigenvalue weighted by Gasteiger charge is 2.22. The van der Waals surface area contributed by atoms with Crippen LogP contribution < -0.4 is 5.32 Å². The maximum Gasteiger partial charge on any atom is 0.216 e. The lowest BCUT2D eigenvalue weighted by Gasteiger charge is -2.14. The van der Waals surface area contributed by atoms with Crippen LogP contribution in [-0.4, -0.2) is 54.2 Å². The fourth-order valence-corrected chi connectivity index (χ4v) is 6.76. The molecule has 2 heterocycles. The zero-order valence-corrected chi connectivity index (χ0v) is 17.0. The van der Waals surface area contributed by atoms with Crippen molar-refractivity contribution in [3.8, 4) is 0 Å². The SMILES string of the molecule is CNc1ccc(S(=O)(=O)c2ccc(S(=O)(=O)CCN3CCCC3)cc2)s1. The lowest BCUT2D eigenvalue weighted by atomic mass is 10.4. The van der Waals surface area contributed by atoms with E-state index in [1.165, 1.54) is 24.3 Å². The quantitative estimate of drug-likeness (QED) is 0.749. The summed E-state index contributed by atoms with van der Waals surface area (Å²) in [6.45, 7) is 2.41. The van der Waals surface area contributed by atoms with Crippen molar-refractivity contribution in [1.29, 1.82) is 0 Å². The Labute approximate surface area is 158 Å². The predicted octanol–water partition coefficient (Wildman–Crippen LogP) is 2.49. The molecule has 0 radical (unpaired) electrons. The lowest BCUT2D eigenvalue weighted by molar-refractivity contribution is 0.359. The van der Waals surface area contributed by atoms with Gasteiger partial charge in [-0.15, -0.1) is 11.3 Å². The van der Waals surface area contributed by atoms with Gasteiger partial charge >= 0.3 is 0 Å². The number of sulfone groups is 2. The average molecular weight is 415 g/mol. The van der Waals surface area contributed by atoms with Gasteiger partial charge in [-0.05, 0) is 62.3 Å². The molecular weight excluding hydrogens is 392 g/mol. The van der Waals surface area contributed by atoms with Crippen molar-refractivity contribution in [2.45, 2.75) is 26.8 Å². The number of rotatable bonds is 7. The summed E-state index contributed by atoms with van der Waals surface area (Å²) in [4.78, 5) is 2.41. The molecule has 1 aliphatic rings. The first-order chi connectivity index (χ1) is 12.3. The van der Waals surface area contributed by atoms with E-state index in [9.17, 15) is 16.8 Å². The average Bonchev–Trinajstić information content (AvgIpc) is 3.32. The number of hydrogen-bond acceptors (Lipinski definition) is 7. The molecule has 2 aromatic rings. The van der Waals surface area contributed by atoms with Gasteiger partial charge in [-0.3, -0.25) is 0 Å². The topological polar surface area (TPSA) is 83.5 Å². The molecule has 3 rings (SSSR count). The first-order valence-corrected chi connectivity index (χ1v) is 12.4. The Bertz CT molecular complexity index is 958. The van der Waals surface area contributed by atoms with Crippen LogP contribution in [0.15, 0.2) is 50.4 Å². The number of likely N-dealkylation sites (tertiary alicyclic amines) is 1. The van der Waals surface area contributed by atoms with Gasteiger partial charge in [0.2, 0.25) is 9.84 Å². The number of hydrogen-bond donors (Lipinski definition) is 1. The molecule has 1 aromatic heterocycles. The fraction of sp³-hybridized carbons (Fsp3) is 0.412. The van der Waals surface area contributed by atoms with E-state index in [4.69, 9.17) is 0 Å². The van der Waals surface area contributed by atoms with E-state index in [0.29, 0.717) is 6.54 Å². The molecule has 1 saturated heterocycles. The van der Waals surface area contributed by atoms with E-state index in [2.05, 4.69) is 10.2 Å². The van der Waals surface area contributed by atoms with E-state index >= 15 is 0 Å². The van der Waals surface area contributed by atoms with Crippen molar-refractivity contribution in [2.24, 2.45) is 0 Å². The van der Waals surface area contributed by atoms with Crippen molar-refractivity contribution >= 4 is 36.0 Å². The van der Waals surface area contributed by atoms with Gasteiger partial charge in [0.1, 0.15) is 4.21 Å². The molecule has 0 aliphatic carbocycles. The molecule has 1 aliphatic heterocycles. The summed E-state index contributed by atoms with van der Waals surface area (Å²) in [5, 5.41) is 3.66. The number of nitrogens with zero attached hydrogens (tertiary/aromatic N) is 1. The summed E-state index contributed by atoms with van der Waals surface area (Å²) >= 11 is 1.14. The van der Waals surface area contributed by atoms with Gasteiger partial charge in [-0.2, -0.15) is 0 Å². The van der Waals surface area contributed by atoms with Crippen molar-refractivity contribution in [3.05, 3.63) is 36.4 Å². The minimum Gasteiger partial charge on any atom is -0.380 e. The Morgan fingerprint density at radius 2 is 1.58 bits per heavy atom. The van der Waals surface area contributed by atoms with Gasteiger partial charge in [-0.25, -0.2) is 16.8 Å². The Morgan fingerprint density at radius 1 is 0.962 bits per heavy atom. The largest absolute Gasteiger partial charge is 0.380 e. The highest BCUT2D eigenvalue weighted by atomic mass is 32.2. The summed E-state index contributed by atoms with van der Waals surface area (Å²) in [7, 11) is -5.33. The molecule has 1 aromatic carbocycles. The molecule has 0 spiro atoms. The third-order valence-electron chi connectivity index (χ3n) is 4.46. The van der Waals surface area contributed by atoms with Gasteiger partial charge in [0, 0.05) is 13.6 Å². The van der Waals surface area contributed by atoms with Gasteiger partial charge in [-0.1, -0.05) is 0 Å². The predicted molar refractivity (Wildman–Crippen MR) is 103 cm³/mol. The summed E-state index contributed by atoms with van der Waals surface area (Å²) in [5.74, 6) is 0.0511. The van der Waals surface area contributed by atoms with Crippen LogP contribution in [0.3, 0.4) is 0 Å². The Kier molecular flexibility index (Phi) is 5.71. The summed E-state index contributed by atoms with van der Waals surface area (Å²) in [5.41, 5.74) is 0. The third-order valence-corrected chi connectivity index (χ3v) is 9.54. The minimum atomic E-state index is -3.64. The maximum absolute atomic E-state index is 12.7. The summed E-state index contributed by atoms with van der Waals surface area (Å²) < 4.78 is 50.5. The zero-order chi connectivity index (χ0) is 18.8. The standard InChI is InChI=1S/C17H22N2O4S3/c1-18-16-8-9-17(24-16)26(22,23)15-6-4-14(5-7-15)25(20,21)13-12-19-10-2-3-11-19/h4-9,18H,2-3,10-13H2,1H3. The molecule has 6 nitrogen and oxygen atoms in total. The first-order valence-electron chi connectivity index (χ1n) is 8.41. The van der Waals surface area contributed by atoms with Crippen LogP contribution in [-0.2, 0) is 19.7 Å². The monoisotopic (exact) mass is 414 g/mol. The van der Waals surface area contributed by atoms with Gasteiger partial charge in [0.05, 0.1) is 20.5 Å². The molecule has 9 heteroatoms. The fourth-order valence-electron chi connectivity index (χ4n) is 2.91. The maximum atomic E-state index is 12.7. The van der Waals surface area contributed by atoms with Crippen LogP contribution >= 0.6 is 11.3 Å². The molecule has 142 valence electrons. The van der Waals surface area contributed by atoms with Crippen molar-refractivity contribution in [2.75, 3.05) is 37.8 Å². The number of benzene rings is 1. The van der Waals surface area contributed by atoms with E-state index in [0.717, 1.165) is 42.3 Å². The van der Waals surface area contributed by atoms with E-state index in [1.807, 2.05) is 0 Å². The Hall–Kier alpha value is -1.42. The molecular formula is C17H22N2O4S3. The normalized spacial score (nSPS) is 16.0. The number of thiophene rings is 1. The third kappa shape index (κ3) is 4.11. The van der Waals surface area contributed by atoms with Crippen molar-refractivity contribution < 1.29 is 16.8 Å². The molecule has 26 heavy (non-hydrogen) atoms. The molecule has 0 amide bonds. The van der Waals surface area contributed by atoms with Crippen molar-refractivity contribution in [3.63, 3.8) is 0 Å².